The minimum Gasteiger partial charge on any atom is -0.400 e. The molecule has 20 heavy (non-hydrogen) atoms. The molecule has 0 saturated heterocycles. The second-order valence-electron chi connectivity index (χ2n) is 4.25. The molecule has 1 heterocycles. The van der Waals surface area contributed by atoms with Gasteiger partial charge in [0.15, 0.2) is 5.69 Å². The van der Waals surface area contributed by atoms with Gasteiger partial charge in [-0.05, 0) is 6.42 Å². The van der Waals surface area contributed by atoms with Gasteiger partial charge in [-0.15, -0.1) is 0 Å². The molecule has 0 spiro atoms. The van der Waals surface area contributed by atoms with E-state index in [1.54, 1.807) is 0 Å². The molecule has 0 aliphatic heterocycles. The fraction of sp³-hybridized carbons (Fsp3) is 0.636. The Bertz CT molecular complexity index is 496. The lowest BCUT2D eigenvalue weighted by molar-refractivity contribution is -0.142. The molecular weight excluding hydrogens is 287 g/mol. The first-order valence-electron chi connectivity index (χ1n) is 5.63. The Kier molecular flexibility index (Phi) is 4.52. The normalized spacial score (nSPS) is 20.1. The average molecular weight is 300 g/mol. The van der Waals surface area contributed by atoms with E-state index in [4.69, 9.17) is 5.11 Å². The van der Waals surface area contributed by atoms with Crippen LogP contribution in [0, 0.1) is 5.92 Å². The maximum Gasteiger partial charge on any atom is 0.435 e. The zero-order chi connectivity index (χ0) is 15.7. The summed E-state index contributed by atoms with van der Waals surface area (Å²) in [6.07, 6.45) is -4.94. The summed E-state index contributed by atoms with van der Waals surface area (Å²) in [6.45, 7) is 0.562. The van der Waals surface area contributed by atoms with Gasteiger partial charge in [0.1, 0.15) is 12.0 Å². The molecule has 0 radical (unpaired) electrons. The van der Waals surface area contributed by atoms with Crippen LogP contribution in [-0.2, 0) is 29.9 Å². The van der Waals surface area contributed by atoms with Gasteiger partial charge in [0.25, 0.3) is 5.92 Å². The van der Waals surface area contributed by atoms with Crippen molar-refractivity contribution >= 4 is 6.29 Å². The second kappa shape index (κ2) is 5.47. The number of hydrogen-bond acceptors (Lipinski definition) is 3. The molecule has 1 atom stereocenters. The van der Waals surface area contributed by atoms with Crippen LogP contribution < -0.4 is 0 Å². The van der Waals surface area contributed by atoms with Crippen molar-refractivity contribution in [2.45, 2.75) is 32.0 Å². The highest BCUT2D eigenvalue weighted by Crippen LogP contribution is 2.49. The zero-order valence-electron chi connectivity index (χ0n) is 10.7. The summed E-state index contributed by atoms with van der Waals surface area (Å²) in [5.74, 6) is -4.63. The molecular formula is C11H13F5N2O2. The van der Waals surface area contributed by atoms with Crippen LogP contribution in [0.4, 0.5) is 22.0 Å². The number of nitrogens with zero attached hydrogens (tertiary/aromatic N) is 2. The Morgan fingerprint density at radius 1 is 1.45 bits per heavy atom. The van der Waals surface area contributed by atoms with E-state index in [-0.39, 0.29) is 6.29 Å². The molecule has 1 aliphatic carbocycles. The third kappa shape index (κ3) is 2.54. The molecule has 1 unspecified atom stereocenters. The Hall–Kier alpha value is -1.51. The van der Waals surface area contributed by atoms with Crippen LogP contribution in [-0.4, -0.2) is 28.3 Å². The van der Waals surface area contributed by atoms with Gasteiger partial charge in [0, 0.05) is 18.6 Å². The zero-order valence-corrected chi connectivity index (χ0v) is 10.7. The van der Waals surface area contributed by atoms with Crippen molar-refractivity contribution in [2.75, 3.05) is 7.11 Å². The summed E-state index contributed by atoms with van der Waals surface area (Å²) in [4.78, 5) is 10.3. The van der Waals surface area contributed by atoms with E-state index >= 15 is 0 Å². The quantitative estimate of drug-likeness (QED) is 0.671. The number of aliphatic hydroxyl groups is 1. The van der Waals surface area contributed by atoms with Gasteiger partial charge in [0.2, 0.25) is 0 Å². The molecule has 0 aromatic carbocycles. The first kappa shape index (κ1) is 16.5. The fourth-order valence-electron chi connectivity index (χ4n) is 2.16. The summed E-state index contributed by atoms with van der Waals surface area (Å²) in [5, 5.41) is 10.1. The van der Waals surface area contributed by atoms with E-state index in [2.05, 4.69) is 5.10 Å². The SMILES string of the molecule is CC1Cc2c(C(F)(F)F)nn(CC=O)c2C1(F)F.CO. The minimum absolute atomic E-state index is 0.243. The number of alkyl halides is 5. The largest absolute Gasteiger partial charge is 0.435 e. The number of aliphatic hydroxyl groups excluding tert-OH is 1. The topological polar surface area (TPSA) is 55.1 Å². The van der Waals surface area contributed by atoms with E-state index in [9.17, 15) is 26.7 Å². The predicted octanol–water partition coefficient (Wildman–Crippen LogP) is 1.99. The molecule has 1 N–H and O–H groups in total. The van der Waals surface area contributed by atoms with Crippen LogP contribution in [0.15, 0.2) is 0 Å². The van der Waals surface area contributed by atoms with Crippen LogP contribution in [0.2, 0.25) is 0 Å². The predicted molar refractivity (Wildman–Crippen MR) is 58.2 cm³/mol. The fourth-order valence-corrected chi connectivity index (χ4v) is 2.16. The first-order chi connectivity index (χ1) is 9.19. The molecule has 114 valence electrons. The smallest absolute Gasteiger partial charge is 0.400 e. The number of carbonyl (C=O) groups excluding carboxylic acids is 1. The van der Waals surface area contributed by atoms with Crippen molar-refractivity contribution in [3.8, 4) is 0 Å². The lowest BCUT2D eigenvalue weighted by Gasteiger charge is -2.17. The number of aldehydes is 1. The van der Waals surface area contributed by atoms with E-state index in [1.165, 1.54) is 6.92 Å². The maximum absolute atomic E-state index is 13.8. The van der Waals surface area contributed by atoms with Crippen molar-refractivity contribution in [2.24, 2.45) is 5.92 Å². The minimum atomic E-state index is -4.79. The molecule has 1 aromatic heterocycles. The van der Waals surface area contributed by atoms with Crippen LogP contribution in [0.1, 0.15) is 23.9 Å². The molecule has 0 saturated carbocycles. The molecule has 0 amide bonds. The van der Waals surface area contributed by atoms with Crippen LogP contribution >= 0.6 is 0 Å². The first-order valence-corrected chi connectivity index (χ1v) is 5.63. The van der Waals surface area contributed by atoms with Gasteiger partial charge >= 0.3 is 6.18 Å². The molecule has 9 heteroatoms. The molecule has 2 rings (SSSR count). The number of aromatic nitrogens is 2. The van der Waals surface area contributed by atoms with Gasteiger partial charge < -0.3 is 9.90 Å². The van der Waals surface area contributed by atoms with Gasteiger partial charge in [-0.2, -0.15) is 27.1 Å². The highest BCUT2D eigenvalue weighted by molar-refractivity contribution is 5.50. The second-order valence-corrected chi connectivity index (χ2v) is 4.25. The Morgan fingerprint density at radius 3 is 2.45 bits per heavy atom. The molecule has 0 fully saturated rings. The van der Waals surface area contributed by atoms with E-state index in [0.29, 0.717) is 4.68 Å². The number of carbonyl (C=O) groups is 1. The number of halogens is 5. The highest BCUT2D eigenvalue weighted by atomic mass is 19.4. The standard InChI is InChI=1S/C10H9F5N2O.CH4O/c1-5-4-6-7(10(13,14)15)16-17(2-3-18)8(6)9(5,11)12;1-2/h3,5H,2,4H2,1H3;2H,1H3. The van der Waals surface area contributed by atoms with Crippen molar-refractivity contribution in [1.82, 2.24) is 9.78 Å². The van der Waals surface area contributed by atoms with Gasteiger partial charge in [-0.1, -0.05) is 6.92 Å². The van der Waals surface area contributed by atoms with Crippen LogP contribution in [0.3, 0.4) is 0 Å². The molecule has 1 aromatic rings. The van der Waals surface area contributed by atoms with Crippen molar-refractivity contribution in [1.29, 1.82) is 0 Å². The lowest BCUT2D eigenvalue weighted by Crippen LogP contribution is -2.23. The molecule has 0 bridgehead atoms. The number of rotatable bonds is 2. The highest BCUT2D eigenvalue weighted by Gasteiger charge is 2.53. The Labute approximate surface area is 111 Å². The van der Waals surface area contributed by atoms with Crippen molar-refractivity contribution < 1.29 is 31.9 Å². The Morgan fingerprint density at radius 2 is 2.00 bits per heavy atom. The summed E-state index contributed by atoms with van der Waals surface area (Å²) in [7, 11) is 1.00. The summed E-state index contributed by atoms with van der Waals surface area (Å²) in [6, 6.07) is 0. The van der Waals surface area contributed by atoms with Crippen LogP contribution in [0.25, 0.3) is 0 Å². The van der Waals surface area contributed by atoms with E-state index in [0.717, 1.165) is 7.11 Å². The van der Waals surface area contributed by atoms with E-state index in [1.807, 2.05) is 0 Å². The average Bonchev–Trinajstić information content (AvgIpc) is 2.80. The van der Waals surface area contributed by atoms with Crippen molar-refractivity contribution in [3.05, 3.63) is 17.0 Å². The van der Waals surface area contributed by atoms with Crippen LogP contribution in [0.5, 0.6) is 0 Å². The van der Waals surface area contributed by atoms with E-state index < -0.39 is 47.9 Å². The summed E-state index contributed by atoms with van der Waals surface area (Å²) < 4.78 is 66.0. The maximum atomic E-state index is 13.8. The molecule has 1 aliphatic rings. The Balaban J connectivity index is 0.000000956. The lowest BCUT2D eigenvalue weighted by atomic mass is 10.1. The molecule has 4 nitrogen and oxygen atoms in total. The number of hydrogen-bond donors (Lipinski definition) is 1. The summed E-state index contributed by atoms with van der Waals surface area (Å²) in [5.41, 5.74) is -2.60. The van der Waals surface area contributed by atoms with Gasteiger partial charge in [-0.25, -0.2) is 0 Å². The third-order valence-corrected chi connectivity index (χ3v) is 3.01. The summed E-state index contributed by atoms with van der Waals surface area (Å²) >= 11 is 0. The van der Waals surface area contributed by atoms with Crippen molar-refractivity contribution in [3.63, 3.8) is 0 Å². The number of fused-ring (bicyclic) bond motifs is 1. The van der Waals surface area contributed by atoms with Gasteiger partial charge in [0.05, 0.1) is 6.54 Å². The monoisotopic (exact) mass is 300 g/mol. The third-order valence-electron chi connectivity index (χ3n) is 3.01. The van der Waals surface area contributed by atoms with Gasteiger partial charge in [-0.3, -0.25) is 4.68 Å².